The molecular formula is C30H37F3N6O2S. The van der Waals surface area contributed by atoms with Crippen molar-refractivity contribution in [3.63, 3.8) is 0 Å². The normalized spacial score (nSPS) is 20.3. The molecule has 4 heterocycles. The number of aryl methyl sites for hydroxylation is 1. The van der Waals surface area contributed by atoms with E-state index in [1.165, 1.54) is 0 Å². The molecule has 0 N–H and O–H groups in total. The summed E-state index contributed by atoms with van der Waals surface area (Å²) in [5, 5.41) is 3.16. The van der Waals surface area contributed by atoms with Crippen molar-refractivity contribution in [2.75, 3.05) is 42.6 Å². The number of thiazole rings is 1. The lowest BCUT2D eigenvalue weighted by atomic mass is 9.94. The summed E-state index contributed by atoms with van der Waals surface area (Å²) in [4.78, 5) is 22.5. The quantitative estimate of drug-likeness (QED) is 0.182. The number of aromatic nitrogens is 3. The van der Waals surface area contributed by atoms with Gasteiger partial charge in [-0.05, 0) is 58.1 Å². The van der Waals surface area contributed by atoms with Gasteiger partial charge in [0.25, 0.3) is 0 Å². The lowest BCUT2D eigenvalue weighted by Crippen LogP contribution is -2.35. The van der Waals surface area contributed by atoms with Crippen molar-refractivity contribution in [2.24, 2.45) is 10.9 Å². The second-order valence-electron chi connectivity index (χ2n) is 12.0. The average molecular weight is 603 g/mol. The molecule has 0 radical (unpaired) electrons. The zero-order valence-electron chi connectivity index (χ0n) is 24.6. The summed E-state index contributed by atoms with van der Waals surface area (Å²) >= 11 is 1.68. The molecule has 8 nitrogen and oxygen atoms in total. The minimum absolute atomic E-state index is 0.0599. The molecule has 42 heavy (non-hydrogen) atoms. The van der Waals surface area contributed by atoms with Gasteiger partial charge in [-0.15, -0.1) is 11.3 Å². The van der Waals surface area contributed by atoms with E-state index in [1.54, 1.807) is 30.7 Å². The molecule has 2 aromatic heterocycles. The van der Waals surface area contributed by atoms with Crippen molar-refractivity contribution in [3.8, 4) is 5.75 Å². The molecule has 2 aliphatic heterocycles. The van der Waals surface area contributed by atoms with E-state index in [-0.39, 0.29) is 12.1 Å². The lowest BCUT2D eigenvalue weighted by molar-refractivity contribution is 0.114. The molecule has 5 rings (SSSR count). The second kappa shape index (κ2) is 12.4. The fourth-order valence-corrected chi connectivity index (χ4v) is 6.31. The van der Waals surface area contributed by atoms with Crippen molar-refractivity contribution in [1.82, 2.24) is 15.0 Å². The Balaban J connectivity index is 1.23. The van der Waals surface area contributed by atoms with Crippen LogP contribution in [-0.2, 0) is 4.74 Å². The summed E-state index contributed by atoms with van der Waals surface area (Å²) in [6, 6.07) is 1.02. The van der Waals surface area contributed by atoms with Crippen LogP contribution in [0.2, 0.25) is 0 Å². The van der Waals surface area contributed by atoms with Crippen molar-refractivity contribution >= 4 is 28.3 Å². The van der Waals surface area contributed by atoms with E-state index in [4.69, 9.17) is 14.5 Å². The Bertz CT molecular complexity index is 1400. The van der Waals surface area contributed by atoms with Crippen LogP contribution in [0.4, 0.5) is 24.3 Å². The molecule has 0 bridgehead atoms. The SMILES string of the molecule is CC(=NC1CN(c2ncc(OCC3CCN(c4nc(C)cs4)CC3)cn2)CC1c1cc(F)c(F)cc1F)OC(C)(C)C. The molecular weight excluding hydrogens is 565 g/mol. The maximum absolute atomic E-state index is 14.8. The summed E-state index contributed by atoms with van der Waals surface area (Å²) in [6.07, 6.45) is 5.31. The van der Waals surface area contributed by atoms with E-state index < -0.39 is 35.0 Å². The molecule has 0 spiro atoms. The number of nitrogens with zero attached hydrogens (tertiary/aromatic N) is 6. The van der Waals surface area contributed by atoms with Gasteiger partial charge in [0, 0.05) is 50.5 Å². The molecule has 2 saturated heterocycles. The molecule has 226 valence electrons. The number of benzene rings is 1. The monoisotopic (exact) mass is 602 g/mol. The summed E-state index contributed by atoms with van der Waals surface area (Å²) in [5.74, 6) is -1.83. The zero-order chi connectivity index (χ0) is 30.0. The predicted molar refractivity (Wildman–Crippen MR) is 158 cm³/mol. The van der Waals surface area contributed by atoms with Crippen LogP contribution in [0.15, 0.2) is 34.9 Å². The molecule has 1 aromatic carbocycles. The predicted octanol–water partition coefficient (Wildman–Crippen LogP) is 6.16. The van der Waals surface area contributed by atoms with Crippen molar-refractivity contribution in [1.29, 1.82) is 0 Å². The number of anilines is 2. The second-order valence-corrected chi connectivity index (χ2v) is 12.8. The third-order valence-electron chi connectivity index (χ3n) is 7.40. The molecule has 2 fully saturated rings. The number of hydrogen-bond donors (Lipinski definition) is 0. The van der Waals surface area contributed by atoms with Crippen molar-refractivity contribution in [2.45, 2.75) is 65.0 Å². The minimum Gasteiger partial charge on any atom is -0.490 e. The van der Waals surface area contributed by atoms with Crippen LogP contribution >= 0.6 is 11.3 Å². The minimum atomic E-state index is -1.22. The fraction of sp³-hybridized carbons (Fsp3) is 0.533. The van der Waals surface area contributed by atoms with Crippen LogP contribution in [0, 0.1) is 30.3 Å². The summed E-state index contributed by atoms with van der Waals surface area (Å²) in [7, 11) is 0. The molecule has 12 heteroatoms. The van der Waals surface area contributed by atoms with Crippen LogP contribution in [0.1, 0.15) is 57.7 Å². The van der Waals surface area contributed by atoms with Gasteiger partial charge in [0.15, 0.2) is 28.4 Å². The maximum atomic E-state index is 14.8. The Morgan fingerprint density at radius 2 is 1.71 bits per heavy atom. The Labute approximate surface area is 248 Å². The lowest BCUT2D eigenvalue weighted by Gasteiger charge is -2.31. The number of piperidine rings is 1. The molecule has 2 unspecified atom stereocenters. The third-order valence-corrected chi connectivity index (χ3v) is 8.42. The zero-order valence-corrected chi connectivity index (χ0v) is 25.4. The van der Waals surface area contributed by atoms with Gasteiger partial charge in [-0.25, -0.2) is 33.1 Å². The topological polar surface area (TPSA) is 76.0 Å². The molecule has 0 aliphatic carbocycles. The summed E-state index contributed by atoms with van der Waals surface area (Å²) in [6.45, 7) is 12.6. The number of hydrogen-bond acceptors (Lipinski definition) is 9. The number of rotatable bonds is 7. The maximum Gasteiger partial charge on any atom is 0.225 e. The van der Waals surface area contributed by atoms with E-state index in [0.717, 1.165) is 42.8 Å². The van der Waals surface area contributed by atoms with Crippen LogP contribution in [-0.4, -0.2) is 65.3 Å². The van der Waals surface area contributed by atoms with E-state index in [1.807, 2.05) is 32.6 Å². The van der Waals surface area contributed by atoms with Gasteiger partial charge in [-0.3, -0.25) is 0 Å². The van der Waals surface area contributed by atoms with Gasteiger partial charge in [0.05, 0.1) is 30.7 Å². The third kappa shape index (κ3) is 7.32. The first-order valence-corrected chi connectivity index (χ1v) is 15.1. The number of aliphatic imine (C=N–C) groups is 1. The smallest absolute Gasteiger partial charge is 0.225 e. The molecule has 0 saturated carbocycles. The standard InChI is InChI=1S/C30H37F3N6O2S/c1-18-17-42-29(36-18)38-8-6-20(7-9-38)16-40-21-12-34-28(35-13-21)39-14-23(22-10-25(32)26(33)11-24(22)31)27(15-39)37-19(2)41-30(3,4)5/h10-13,17,20,23,27H,6-9,14-16H2,1-5H3. The summed E-state index contributed by atoms with van der Waals surface area (Å²) < 4.78 is 54.5. The number of ether oxygens (including phenoxy) is 2. The molecule has 0 amide bonds. The first kappa shape index (κ1) is 30.1. The number of halogens is 3. The Hall–Kier alpha value is -3.41. The van der Waals surface area contributed by atoms with Gasteiger partial charge in [0.2, 0.25) is 5.95 Å². The molecule has 3 aromatic rings. The van der Waals surface area contributed by atoms with Gasteiger partial charge < -0.3 is 19.3 Å². The van der Waals surface area contributed by atoms with Gasteiger partial charge in [0.1, 0.15) is 11.4 Å². The van der Waals surface area contributed by atoms with E-state index >= 15 is 0 Å². The van der Waals surface area contributed by atoms with E-state index in [2.05, 4.69) is 25.2 Å². The van der Waals surface area contributed by atoms with Gasteiger partial charge in [-0.2, -0.15) is 0 Å². The first-order valence-electron chi connectivity index (χ1n) is 14.2. The van der Waals surface area contributed by atoms with Gasteiger partial charge >= 0.3 is 0 Å². The summed E-state index contributed by atoms with van der Waals surface area (Å²) in [5.41, 5.74) is 0.646. The Morgan fingerprint density at radius 1 is 1.02 bits per heavy atom. The van der Waals surface area contributed by atoms with Crippen molar-refractivity contribution < 1.29 is 22.6 Å². The van der Waals surface area contributed by atoms with Crippen LogP contribution in [0.3, 0.4) is 0 Å². The average Bonchev–Trinajstić information content (AvgIpc) is 3.55. The molecule has 2 aliphatic rings. The highest BCUT2D eigenvalue weighted by molar-refractivity contribution is 7.13. The Morgan fingerprint density at radius 3 is 2.36 bits per heavy atom. The van der Waals surface area contributed by atoms with Crippen molar-refractivity contribution in [3.05, 3.63) is 58.6 Å². The van der Waals surface area contributed by atoms with E-state index in [0.29, 0.717) is 42.7 Å². The van der Waals surface area contributed by atoms with Crippen LogP contribution in [0.5, 0.6) is 5.75 Å². The van der Waals surface area contributed by atoms with Gasteiger partial charge in [-0.1, -0.05) is 0 Å². The van der Waals surface area contributed by atoms with Crippen LogP contribution in [0.25, 0.3) is 0 Å². The first-order chi connectivity index (χ1) is 19.9. The van der Waals surface area contributed by atoms with E-state index in [9.17, 15) is 13.2 Å². The highest BCUT2D eigenvalue weighted by atomic mass is 32.1. The fourth-order valence-electron chi connectivity index (χ4n) is 5.45. The van der Waals surface area contributed by atoms with Crippen LogP contribution < -0.4 is 14.5 Å². The molecule has 2 atom stereocenters. The highest BCUT2D eigenvalue weighted by Crippen LogP contribution is 2.35. The Kier molecular flexibility index (Phi) is 8.91. The highest BCUT2D eigenvalue weighted by Gasteiger charge is 2.37. The largest absolute Gasteiger partial charge is 0.490 e.